The van der Waals surface area contributed by atoms with Crippen molar-refractivity contribution >= 4 is 15.9 Å². The average molecular weight is 306 g/mol. The minimum absolute atomic E-state index is 0.0464. The Labute approximate surface area is 116 Å². The van der Waals surface area contributed by atoms with E-state index in [0.29, 0.717) is 0 Å². The summed E-state index contributed by atoms with van der Waals surface area (Å²) in [5.74, 6) is 5.71. The van der Waals surface area contributed by atoms with E-state index in [9.17, 15) is 0 Å². The number of aromatic nitrogens is 1. The zero-order valence-corrected chi connectivity index (χ0v) is 12.0. The van der Waals surface area contributed by atoms with Gasteiger partial charge in [0.2, 0.25) is 0 Å². The fourth-order valence-electron chi connectivity index (χ4n) is 2.08. The molecular formula is C14H16BrN3. The third-order valence-electron chi connectivity index (χ3n) is 2.96. The molecule has 0 fully saturated rings. The van der Waals surface area contributed by atoms with Crippen LogP contribution in [0.25, 0.3) is 0 Å². The molecule has 4 heteroatoms. The number of hydrogen-bond acceptors (Lipinski definition) is 3. The van der Waals surface area contributed by atoms with Crippen LogP contribution < -0.4 is 11.3 Å². The number of aryl methyl sites for hydroxylation is 2. The van der Waals surface area contributed by atoms with Crippen LogP contribution in [0.2, 0.25) is 0 Å². The van der Waals surface area contributed by atoms with Crippen molar-refractivity contribution in [1.29, 1.82) is 0 Å². The van der Waals surface area contributed by atoms with E-state index in [2.05, 4.69) is 58.4 Å². The molecule has 1 atom stereocenters. The van der Waals surface area contributed by atoms with E-state index in [1.807, 2.05) is 12.3 Å². The number of hydrogen-bond donors (Lipinski definition) is 2. The molecule has 1 heterocycles. The Hall–Kier alpha value is -1.23. The summed E-state index contributed by atoms with van der Waals surface area (Å²) in [4.78, 5) is 4.18. The highest BCUT2D eigenvalue weighted by molar-refractivity contribution is 9.10. The van der Waals surface area contributed by atoms with Crippen LogP contribution in [-0.4, -0.2) is 4.98 Å². The van der Waals surface area contributed by atoms with Gasteiger partial charge in [0.25, 0.3) is 0 Å². The van der Waals surface area contributed by atoms with Gasteiger partial charge in [0.1, 0.15) is 0 Å². The van der Waals surface area contributed by atoms with Crippen LogP contribution in [0, 0.1) is 13.8 Å². The Morgan fingerprint density at radius 3 is 2.67 bits per heavy atom. The number of pyridine rings is 1. The molecule has 0 radical (unpaired) electrons. The maximum atomic E-state index is 5.71. The van der Waals surface area contributed by atoms with E-state index >= 15 is 0 Å². The van der Waals surface area contributed by atoms with Crippen molar-refractivity contribution in [2.75, 3.05) is 0 Å². The van der Waals surface area contributed by atoms with Gasteiger partial charge < -0.3 is 0 Å². The lowest BCUT2D eigenvalue weighted by Crippen LogP contribution is -2.29. The first-order valence-corrected chi connectivity index (χ1v) is 6.55. The second kappa shape index (κ2) is 5.61. The van der Waals surface area contributed by atoms with Gasteiger partial charge in [0, 0.05) is 16.9 Å². The third kappa shape index (κ3) is 2.77. The topological polar surface area (TPSA) is 50.9 Å². The van der Waals surface area contributed by atoms with Crippen molar-refractivity contribution in [3.63, 3.8) is 0 Å². The van der Waals surface area contributed by atoms with Crippen molar-refractivity contribution in [1.82, 2.24) is 10.4 Å². The van der Waals surface area contributed by atoms with Gasteiger partial charge in [-0.15, -0.1) is 0 Å². The van der Waals surface area contributed by atoms with Crippen LogP contribution >= 0.6 is 15.9 Å². The molecule has 94 valence electrons. The predicted octanol–water partition coefficient (Wildman–Crippen LogP) is 3.01. The van der Waals surface area contributed by atoms with Crippen LogP contribution in [0.15, 0.2) is 41.1 Å². The van der Waals surface area contributed by atoms with E-state index in [-0.39, 0.29) is 6.04 Å². The third-order valence-corrected chi connectivity index (χ3v) is 3.41. The van der Waals surface area contributed by atoms with Gasteiger partial charge in [-0.1, -0.05) is 22.0 Å². The summed E-state index contributed by atoms with van der Waals surface area (Å²) in [6.45, 7) is 4.13. The van der Waals surface area contributed by atoms with Gasteiger partial charge in [-0.25, -0.2) is 5.43 Å². The highest BCUT2D eigenvalue weighted by Crippen LogP contribution is 2.26. The summed E-state index contributed by atoms with van der Waals surface area (Å²) in [5, 5.41) is 0. The summed E-state index contributed by atoms with van der Waals surface area (Å²) < 4.78 is 1.05. The number of nitrogens with zero attached hydrogens (tertiary/aromatic N) is 1. The summed E-state index contributed by atoms with van der Waals surface area (Å²) in [7, 11) is 0. The molecule has 0 aliphatic carbocycles. The zero-order valence-electron chi connectivity index (χ0n) is 10.4. The second-order valence-electron chi connectivity index (χ2n) is 4.39. The first-order valence-electron chi connectivity index (χ1n) is 5.75. The SMILES string of the molecule is Cc1cc(Br)cc(C(NN)c2cnccc2C)c1. The molecule has 3 N–H and O–H groups in total. The summed E-state index contributed by atoms with van der Waals surface area (Å²) in [6, 6.07) is 8.22. The van der Waals surface area contributed by atoms with Crippen molar-refractivity contribution < 1.29 is 0 Å². The van der Waals surface area contributed by atoms with Crippen molar-refractivity contribution in [3.8, 4) is 0 Å². The molecule has 0 spiro atoms. The van der Waals surface area contributed by atoms with E-state index in [0.717, 1.165) is 15.6 Å². The largest absolute Gasteiger partial charge is 0.271 e. The number of halogens is 1. The Bertz CT molecular complexity index is 534. The standard InChI is InChI=1S/C14H16BrN3/c1-9-5-11(7-12(15)6-9)14(18-16)13-8-17-4-3-10(13)2/h3-8,14,18H,16H2,1-2H3. The van der Waals surface area contributed by atoms with Gasteiger partial charge in [-0.05, 0) is 54.3 Å². The Morgan fingerprint density at radius 2 is 2.06 bits per heavy atom. The Kier molecular flexibility index (Phi) is 4.11. The molecular weight excluding hydrogens is 290 g/mol. The average Bonchev–Trinajstić information content (AvgIpc) is 2.31. The molecule has 0 aliphatic heterocycles. The molecule has 3 nitrogen and oxygen atoms in total. The molecule has 0 aliphatic rings. The molecule has 18 heavy (non-hydrogen) atoms. The van der Waals surface area contributed by atoms with E-state index in [1.165, 1.54) is 11.1 Å². The minimum Gasteiger partial charge on any atom is -0.271 e. The monoisotopic (exact) mass is 305 g/mol. The molecule has 0 saturated heterocycles. The molecule has 0 amide bonds. The number of nitrogens with one attached hydrogen (secondary N) is 1. The van der Waals surface area contributed by atoms with Crippen LogP contribution in [0.5, 0.6) is 0 Å². The number of benzene rings is 1. The molecule has 0 bridgehead atoms. The van der Waals surface area contributed by atoms with E-state index in [4.69, 9.17) is 5.84 Å². The molecule has 1 aromatic carbocycles. The van der Waals surface area contributed by atoms with Crippen LogP contribution in [0.1, 0.15) is 28.3 Å². The quantitative estimate of drug-likeness (QED) is 0.677. The van der Waals surface area contributed by atoms with Gasteiger partial charge in [-0.3, -0.25) is 10.8 Å². The summed E-state index contributed by atoms with van der Waals surface area (Å²) in [5.41, 5.74) is 7.46. The minimum atomic E-state index is -0.0464. The van der Waals surface area contributed by atoms with Crippen LogP contribution in [-0.2, 0) is 0 Å². The van der Waals surface area contributed by atoms with Crippen LogP contribution in [0.3, 0.4) is 0 Å². The maximum Gasteiger partial charge on any atom is 0.0728 e. The van der Waals surface area contributed by atoms with Gasteiger partial charge in [0.05, 0.1) is 6.04 Å². The van der Waals surface area contributed by atoms with Gasteiger partial charge in [0.15, 0.2) is 0 Å². The predicted molar refractivity (Wildman–Crippen MR) is 77.0 cm³/mol. The van der Waals surface area contributed by atoms with Crippen molar-refractivity contribution in [2.24, 2.45) is 5.84 Å². The summed E-state index contributed by atoms with van der Waals surface area (Å²) in [6.07, 6.45) is 3.65. The highest BCUT2D eigenvalue weighted by Gasteiger charge is 2.15. The normalized spacial score (nSPS) is 12.4. The molecule has 2 rings (SSSR count). The first kappa shape index (κ1) is 13.2. The number of hydrazine groups is 1. The van der Waals surface area contributed by atoms with Crippen molar-refractivity contribution in [3.05, 3.63) is 63.4 Å². The lowest BCUT2D eigenvalue weighted by Gasteiger charge is -2.19. The molecule has 0 saturated carbocycles. The smallest absolute Gasteiger partial charge is 0.0728 e. The first-order chi connectivity index (χ1) is 8.61. The van der Waals surface area contributed by atoms with Crippen LogP contribution in [0.4, 0.5) is 0 Å². The number of nitrogens with two attached hydrogens (primary N) is 1. The van der Waals surface area contributed by atoms with Gasteiger partial charge >= 0.3 is 0 Å². The Morgan fingerprint density at radius 1 is 1.28 bits per heavy atom. The molecule has 1 aromatic heterocycles. The van der Waals surface area contributed by atoms with Crippen molar-refractivity contribution in [2.45, 2.75) is 19.9 Å². The highest BCUT2D eigenvalue weighted by atomic mass is 79.9. The van der Waals surface area contributed by atoms with E-state index in [1.54, 1.807) is 6.20 Å². The Balaban J connectivity index is 2.48. The second-order valence-corrected chi connectivity index (χ2v) is 5.31. The lowest BCUT2D eigenvalue weighted by molar-refractivity contribution is 0.630. The van der Waals surface area contributed by atoms with Gasteiger partial charge in [-0.2, -0.15) is 0 Å². The maximum absolute atomic E-state index is 5.71. The number of rotatable bonds is 3. The fourth-order valence-corrected chi connectivity index (χ4v) is 2.70. The van der Waals surface area contributed by atoms with E-state index < -0.39 is 0 Å². The molecule has 2 aromatic rings. The summed E-state index contributed by atoms with van der Waals surface area (Å²) >= 11 is 3.52. The zero-order chi connectivity index (χ0) is 13.1. The molecule has 1 unspecified atom stereocenters. The fraction of sp³-hybridized carbons (Fsp3) is 0.214. The lowest BCUT2D eigenvalue weighted by atomic mass is 9.96.